The Labute approximate surface area is 142 Å². The highest BCUT2D eigenvalue weighted by atomic mass is 19.1. The molecule has 2 rings (SSSR count). The van der Waals surface area contributed by atoms with Crippen LogP contribution in [0.25, 0.3) is 0 Å². The molecule has 0 saturated heterocycles. The molecule has 1 atom stereocenters. The van der Waals surface area contributed by atoms with E-state index >= 15 is 0 Å². The maximum absolute atomic E-state index is 13.6. The van der Waals surface area contributed by atoms with Crippen LogP contribution in [0.1, 0.15) is 18.5 Å². The first-order chi connectivity index (χ1) is 11.9. The minimum Gasteiger partial charge on any atom is -0.305 e. The third-order valence-corrected chi connectivity index (χ3v) is 3.37. The number of hydrogen-bond acceptors (Lipinski definition) is 3. The molecule has 3 N–H and O–H groups in total. The van der Waals surface area contributed by atoms with Gasteiger partial charge in [0.2, 0.25) is 5.91 Å². The van der Waals surface area contributed by atoms with Crippen LogP contribution in [-0.2, 0) is 4.79 Å². The van der Waals surface area contributed by atoms with Gasteiger partial charge in [0, 0.05) is 17.7 Å². The van der Waals surface area contributed by atoms with E-state index in [0.29, 0.717) is 0 Å². The van der Waals surface area contributed by atoms with Crippen molar-refractivity contribution in [2.24, 2.45) is 0 Å². The van der Waals surface area contributed by atoms with Crippen molar-refractivity contribution in [3.05, 3.63) is 65.5 Å². The number of anilines is 1. The molecule has 8 heteroatoms. The van der Waals surface area contributed by atoms with Crippen LogP contribution in [0.2, 0.25) is 0 Å². The molecule has 0 radical (unpaired) electrons. The maximum atomic E-state index is 13.6. The molecule has 3 amide bonds. The summed E-state index contributed by atoms with van der Waals surface area (Å²) in [6.45, 7) is 1.30. The van der Waals surface area contributed by atoms with E-state index in [2.05, 4.69) is 10.6 Å². The fraction of sp³-hybridized carbons (Fsp3) is 0.176. The van der Waals surface area contributed by atoms with Crippen molar-refractivity contribution in [1.82, 2.24) is 10.6 Å². The number of imide groups is 1. The van der Waals surface area contributed by atoms with Crippen LogP contribution in [0.5, 0.6) is 0 Å². The largest absolute Gasteiger partial charge is 0.326 e. The van der Waals surface area contributed by atoms with Gasteiger partial charge in [-0.3, -0.25) is 10.1 Å². The zero-order valence-electron chi connectivity index (χ0n) is 13.3. The number of halogens is 3. The average Bonchev–Trinajstić information content (AvgIpc) is 2.54. The lowest BCUT2D eigenvalue weighted by Crippen LogP contribution is -2.40. The average molecular weight is 351 g/mol. The predicted octanol–water partition coefficient (Wildman–Crippen LogP) is 3.10. The number of amides is 3. The summed E-state index contributed by atoms with van der Waals surface area (Å²) in [5.74, 6) is -2.76. The number of carbonyl (C=O) groups excluding carboxylic acids is 2. The van der Waals surface area contributed by atoms with Crippen molar-refractivity contribution in [3.8, 4) is 0 Å². The standard InChI is InChI=1S/C17H16F3N3O2/c1-10(12-7-6-11(18)8-14(12)20)21-9-16(24)23-17(25)22-15-5-3-2-4-13(15)19/h2-8,10,21H,9H2,1H3,(H2,22,23,24,25)/t10-/m0/s1. The van der Waals surface area contributed by atoms with Gasteiger partial charge in [0.05, 0.1) is 12.2 Å². The first kappa shape index (κ1) is 18.5. The van der Waals surface area contributed by atoms with Gasteiger partial charge >= 0.3 is 6.03 Å². The van der Waals surface area contributed by atoms with Crippen LogP contribution in [-0.4, -0.2) is 18.5 Å². The Morgan fingerprint density at radius 2 is 1.76 bits per heavy atom. The topological polar surface area (TPSA) is 70.2 Å². The van der Waals surface area contributed by atoms with Crippen molar-refractivity contribution in [2.75, 3.05) is 11.9 Å². The highest BCUT2D eigenvalue weighted by Crippen LogP contribution is 2.17. The summed E-state index contributed by atoms with van der Waals surface area (Å²) in [5, 5.41) is 6.93. The Morgan fingerprint density at radius 1 is 1.04 bits per heavy atom. The summed E-state index contributed by atoms with van der Waals surface area (Å²) in [6.07, 6.45) is 0. The first-order valence-corrected chi connectivity index (χ1v) is 7.40. The van der Waals surface area contributed by atoms with Crippen LogP contribution in [0, 0.1) is 17.5 Å². The number of urea groups is 1. The van der Waals surface area contributed by atoms with E-state index in [1.165, 1.54) is 24.3 Å². The fourth-order valence-electron chi connectivity index (χ4n) is 2.10. The molecule has 2 aromatic carbocycles. The van der Waals surface area contributed by atoms with Gasteiger partial charge in [0.15, 0.2) is 0 Å². The quantitative estimate of drug-likeness (QED) is 0.775. The van der Waals surface area contributed by atoms with Crippen molar-refractivity contribution in [1.29, 1.82) is 0 Å². The van der Waals surface area contributed by atoms with Crippen LogP contribution in [0.15, 0.2) is 42.5 Å². The summed E-state index contributed by atoms with van der Waals surface area (Å²) in [7, 11) is 0. The number of para-hydroxylation sites is 1. The van der Waals surface area contributed by atoms with Gasteiger partial charge in [-0.1, -0.05) is 18.2 Å². The monoisotopic (exact) mass is 351 g/mol. The number of carbonyl (C=O) groups is 2. The molecule has 5 nitrogen and oxygen atoms in total. The normalized spacial score (nSPS) is 11.7. The molecule has 0 spiro atoms. The second kappa shape index (κ2) is 8.29. The van der Waals surface area contributed by atoms with Gasteiger partial charge in [0.25, 0.3) is 0 Å². The molecule has 2 aromatic rings. The number of nitrogens with one attached hydrogen (secondary N) is 3. The Kier molecular flexibility index (Phi) is 6.13. The van der Waals surface area contributed by atoms with E-state index in [9.17, 15) is 22.8 Å². The zero-order chi connectivity index (χ0) is 18.4. The smallest absolute Gasteiger partial charge is 0.305 e. The lowest BCUT2D eigenvalue weighted by molar-refractivity contribution is -0.119. The third kappa shape index (κ3) is 5.32. The van der Waals surface area contributed by atoms with Crippen LogP contribution < -0.4 is 16.0 Å². The van der Waals surface area contributed by atoms with Crippen LogP contribution >= 0.6 is 0 Å². The van der Waals surface area contributed by atoms with E-state index in [4.69, 9.17) is 0 Å². The second-order valence-corrected chi connectivity index (χ2v) is 5.25. The van der Waals surface area contributed by atoms with Gasteiger partial charge < -0.3 is 10.6 Å². The first-order valence-electron chi connectivity index (χ1n) is 7.40. The number of benzene rings is 2. The second-order valence-electron chi connectivity index (χ2n) is 5.25. The van der Waals surface area contributed by atoms with Crippen molar-refractivity contribution in [2.45, 2.75) is 13.0 Å². The minimum absolute atomic E-state index is 0.0671. The minimum atomic E-state index is -0.891. The summed E-state index contributed by atoms with van der Waals surface area (Å²) < 4.78 is 39.9. The maximum Gasteiger partial charge on any atom is 0.326 e. The molecule has 0 fully saturated rings. The van der Waals surface area contributed by atoms with Gasteiger partial charge in [-0.2, -0.15) is 0 Å². The van der Waals surface area contributed by atoms with E-state index in [1.54, 1.807) is 6.92 Å². The van der Waals surface area contributed by atoms with Gasteiger partial charge in [0.1, 0.15) is 17.5 Å². The summed E-state index contributed by atoms with van der Waals surface area (Å²) >= 11 is 0. The summed E-state index contributed by atoms with van der Waals surface area (Å²) in [6, 6.07) is 7.15. The van der Waals surface area contributed by atoms with Gasteiger partial charge in [-0.15, -0.1) is 0 Å². The van der Waals surface area contributed by atoms with Crippen molar-refractivity contribution < 1.29 is 22.8 Å². The van der Waals surface area contributed by atoms with E-state index < -0.39 is 35.4 Å². The van der Waals surface area contributed by atoms with E-state index in [1.807, 2.05) is 5.32 Å². The van der Waals surface area contributed by atoms with E-state index in [-0.39, 0.29) is 17.8 Å². The molecule has 0 aromatic heterocycles. The highest BCUT2D eigenvalue weighted by molar-refractivity contribution is 6.01. The fourth-order valence-corrected chi connectivity index (χ4v) is 2.10. The molecule has 25 heavy (non-hydrogen) atoms. The molecule has 0 aliphatic heterocycles. The van der Waals surface area contributed by atoms with Gasteiger partial charge in [-0.25, -0.2) is 18.0 Å². The number of rotatable bonds is 5. The molecule has 0 aliphatic carbocycles. The highest BCUT2D eigenvalue weighted by Gasteiger charge is 2.14. The predicted molar refractivity (Wildman–Crippen MR) is 86.3 cm³/mol. The Balaban J connectivity index is 1.83. The van der Waals surface area contributed by atoms with Crippen LogP contribution in [0.3, 0.4) is 0 Å². The van der Waals surface area contributed by atoms with Gasteiger partial charge in [-0.05, 0) is 25.1 Å². The molecular formula is C17H16F3N3O2. The zero-order valence-corrected chi connectivity index (χ0v) is 13.3. The summed E-state index contributed by atoms with van der Waals surface area (Å²) in [4.78, 5) is 23.4. The van der Waals surface area contributed by atoms with Crippen LogP contribution in [0.4, 0.5) is 23.7 Å². The Morgan fingerprint density at radius 3 is 2.44 bits per heavy atom. The molecule has 0 unspecified atom stereocenters. The SMILES string of the molecule is C[C@H](NCC(=O)NC(=O)Nc1ccccc1F)c1ccc(F)cc1F. The number of hydrogen-bond donors (Lipinski definition) is 3. The third-order valence-electron chi connectivity index (χ3n) is 3.37. The van der Waals surface area contributed by atoms with Crippen molar-refractivity contribution >= 4 is 17.6 Å². The molecular weight excluding hydrogens is 335 g/mol. The lowest BCUT2D eigenvalue weighted by Gasteiger charge is -2.15. The van der Waals surface area contributed by atoms with E-state index in [0.717, 1.165) is 18.2 Å². The molecule has 132 valence electrons. The molecule has 0 bridgehead atoms. The Hall–Kier alpha value is -2.87. The molecule has 0 saturated carbocycles. The molecule has 0 aliphatic rings. The van der Waals surface area contributed by atoms with Crippen molar-refractivity contribution in [3.63, 3.8) is 0 Å². The summed E-state index contributed by atoms with van der Waals surface area (Å²) in [5.41, 5.74) is 0.118. The Bertz CT molecular complexity index is 783. The molecule has 0 heterocycles. The lowest BCUT2D eigenvalue weighted by atomic mass is 10.1.